The van der Waals surface area contributed by atoms with E-state index in [0.717, 1.165) is 22.3 Å². The zero-order valence-corrected chi connectivity index (χ0v) is 11.0. The normalized spacial score (nSPS) is 11.1. The standard InChI is InChI=1S/C14H15N5/c1-9-3-6-17-13-12(9)18-14(15)19(13)8-11-4-5-16-7-10(11)2/h3-7H,8H2,1-2H3,(H2,15,18). The molecule has 0 aromatic carbocycles. The quantitative estimate of drug-likeness (QED) is 0.759. The predicted molar refractivity (Wildman–Crippen MR) is 74.8 cm³/mol. The van der Waals surface area contributed by atoms with Gasteiger partial charge in [-0.05, 0) is 42.7 Å². The number of nitrogens with zero attached hydrogens (tertiary/aromatic N) is 4. The van der Waals surface area contributed by atoms with Crippen molar-refractivity contribution < 1.29 is 0 Å². The van der Waals surface area contributed by atoms with Crippen LogP contribution in [0.25, 0.3) is 11.2 Å². The lowest BCUT2D eigenvalue weighted by atomic mass is 10.1. The van der Waals surface area contributed by atoms with Crippen molar-refractivity contribution in [3.05, 3.63) is 47.4 Å². The largest absolute Gasteiger partial charge is 0.369 e. The molecular formula is C14H15N5. The van der Waals surface area contributed by atoms with Crippen molar-refractivity contribution in [2.75, 3.05) is 5.73 Å². The molecule has 0 bridgehead atoms. The summed E-state index contributed by atoms with van der Waals surface area (Å²) in [5.41, 5.74) is 11.1. The zero-order valence-electron chi connectivity index (χ0n) is 11.0. The Labute approximate surface area is 111 Å². The Morgan fingerprint density at radius 1 is 1.16 bits per heavy atom. The van der Waals surface area contributed by atoms with Crippen LogP contribution in [0, 0.1) is 13.8 Å². The molecule has 0 radical (unpaired) electrons. The van der Waals surface area contributed by atoms with E-state index in [1.807, 2.05) is 36.7 Å². The monoisotopic (exact) mass is 253 g/mol. The van der Waals surface area contributed by atoms with E-state index in [-0.39, 0.29) is 0 Å². The number of nitrogens with two attached hydrogens (primary N) is 1. The Bertz CT molecular complexity index is 745. The molecule has 0 unspecified atom stereocenters. The van der Waals surface area contributed by atoms with E-state index >= 15 is 0 Å². The highest BCUT2D eigenvalue weighted by atomic mass is 15.2. The van der Waals surface area contributed by atoms with Crippen LogP contribution < -0.4 is 5.73 Å². The number of aromatic nitrogens is 4. The van der Waals surface area contributed by atoms with Crippen LogP contribution in [0.2, 0.25) is 0 Å². The number of aryl methyl sites for hydroxylation is 2. The second-order valence-corrected chi connectivity index (χ2v) is 4.66. The maximum atomic E-state index is 6.02. The molecule has 0 saturated heterocycles. The lowest BCUT2D eigenvalue weighted by molar-refractivity contribution is 0.819. The summed E-state index contributed by atoms with van der Waals surface area (Å²) in [6, 6.07) is 3.94. The fraction of sp³-hybridized carbons (Fsp3) is 0.214. The van der Waals surface area contributed by atoms with Gasteiger partial charge in [-0.2, -0.15) is 0 Å². The molecule has 5 nitrogen and oxygen atoms in total. The Hall–Kier alpha value is -2.43. The summed E-state index contributed by atoms with van der Waals surface area (Å²) in [7, 11) is 0. The van der Waals surface area contributed by atoms with Gasteiger partial charge in [-0.1, -0.05) is 0 Å². The molecule has 3 aromatic rings. The van der Waals surface area contributed by atoms with Crippen molar-refractivity contribution in [2.24, 2.45) is 0 Å². The van der Waals surface area contributed by atoms with E-state index < -0.39 is 0 Å². The van der Waals surface area contributed by atoms with Gasteiger partial charge in [0.15, 0.2) is 5.65 Å². The van der Waals surface area contributed by atoms with Gasteiger partial charge in [0.05, 0.1) is 6.54 Å². The summed E-state index contributed by atoms with van der Waals surface area (Å²) in [4.78, 5) is 12.9. The number of nitrogen functional groups attached to an aromatic ring is 1. The van der Waals surface area contributed by atoms with Crippen LogP contribution in [-0.4, -0.2) is 19.5 Å². The molecule has 3 rings (SSSR count). The molecule has 2 N–H and O–H groups in total. The summed E-state index contributed by atoms with van der Waals surface area (Å²) in [6.45, 7) is 4.71. The lowest BCUT2D eigenvalue weighted by Gasteiger charge is -2.08. The van der Waals surface area contributed by atoms with Crippen molar-refractivity contribution in [1.82, 2.24) is 19.5 Å². The summed E-state index contributed by atoms with van der Waals surface area (Å²) < 4.78 is 1.94. The third kappa shape index (κ3) is 1.93. The van der Waals surface area contributed by atoms with Gasteiger partial charge in [-0.25, -0.2) is 9.97 Å². The Morgan fingerprint density at radius 3 is 2.79 bits per heavy atom. The first-order valence-electron chi connectivity index (χ1n) is 6.13. The van der Waals surface area contributed by atoms with E-state index in [1.165, 1.54) is 5.56 Å². The molecule has 3 aromatic heterocycles. The van der Waals surface area contributed by atoms with Crippen LogP contribution in [0.15, 0.2) is 30.7 Å². The molecule has 0 spiro atoms. The number of hydrogen-bond acceptors (Lipinski definition) is 4. The Balaban J connectivity index is 2.13. The molecule has 0 aliphatic rings. The lowest BCUT2D eigenvalue weighted by Crippen LogP contribution is -2.06. The van der Waals surface area contributed by atoms with E-state index in [1.54, 1.807) is 12.4 Å². The minimum Gasteiger partial charge on any atom is -0.369 e. The van der Waals surface area contributed by atoms with Gasteiger partial charge in [0.25, 0.3) is 0 Å². The van der Waals surface area contributed by atoms with Gasteiger partial charge in [0.2, 0.25) is 5.95 Å². The zero-order chi connectivity index (χ0) is 13.4. The molecule has 96 valence electrons. The fourth-order valence-corrected chi connectivity index (χ4v) is 2.16. The number of imidazole rings is 1. The van der Waals surface area contributed by atoms with E-state index in [9.17, 15) is 0 Å². The molecule has 0 aliphatic heterocycles. The maximum Gasteiger partial charge on any atom is 0.202 e. The predicted octanol–water partition coefficient (Wildman–Crippen LogP) is 2.07. The van der Waals surface area contributed by atoms with Crippen molar-refractivity contribution in [3.63, 3.8) is 0 Å². The second kappa shape index (κ2) is 4.35. The number of fused-ring (bicyclic) bond motifs is 1. The highest BCUT2D eigenvalue weighted by Gasteiger charge is 2.12. The summed E-state index contributed by atoms with van der Waals surface area (Å²) >= 11 is 0. The first-order chi connectivity index (χ1) is 9.16. The van der Waals surface area contributed by atoms with Gasteiger partial charge in [0.1, 0.15) is 5.52 Å². The number of rotatable bonds is 2. The van der Waals surface area contributed by atoms with Crippen molar-refractivity contribution in [1.29, 1.82) is 0 Å². The van der Waals surface area contributed by atoms with Crippen molar-refractivity contribution in [3.8, 4) is 0 Å². The van der Waals surface area contributed by atoms with Crippen LogP contribution in [0.4, 0.5) is 5.95 Å². The average molecular weight is 253 g/mol. The molecule has 0 aliphatic carbocycles. The third-order valence-corrected chi connectivity index (χ3v) is 3.33. The topological polar surface area (TPSA) is 69.6 Å². The fourth-order valence-electron chi connectivity index (χ4n) is 2.16. The first kappa shape index (κ1) is 11.6. The van der Waals surface area contributed by atoms with Gasteiger partial charge >= 0.3 is 0 Å². The molecule has 0 saturated carbocycles. The second-order valence-electron chi connectivity index (χ2n) is 4.66. The first-order valence-corrected chi connectivity index (χ1v) is 6.13. The van der Waals surface area contributed by atoms with Crippen LogP contribution >= 0.6 is 0 Å². The van der Waals surface area contributed by atoms with E-state index in [2.05, 4.69) is 15.0 Å². The average Bonchev–Trinajstić information content (AvgIpc) is 2.71. The maximum absolute atomic E-state index is 6.02. The van der Waals surface area contributed by atoms with E-state index in [0.29, 0.717) is 12.5 Å². The summed E-state index contributed by atoms with van der Waals surface area (Å²) in [5, 5.41) is 0. The van der Waals surface area contributed by atoms with Gasteiger partial charge in [-0.3, -0.25) is 9.55 Å². The molecule has 19 heavy (non-hydrogen) atoms. The SMILES string of the molecule is Cc1cnccc1Cn1c(N)nc2c(C)ccnc21. The molecule has 0 amide bonds. The highest BCUT2D eigenvalue weighted by molar-refractivity contribution is 5.77. The van der Waals surface area contributed by atoms with E-state index in [4.69, 9.17) is 5.73 Å². The minimum atomic E-state index is 0.494. The molecule has 0 atom stereocenters. The summed E-state index contributed by atoms with van der Waals surface area (Å²) in [6.07, 6.45) is 5.42. The minimum absolute atomic E-state index is 0.494. The van der Waals surface area contributed by atoms with Crippen LogP contribution in [0.3, 0.4) is 0 Å². The van der Waals surface area contributed by atoms with Crippen LogP contribution in [0.5, 0.6) is 0 Å². The molecule has 0 fully saturated rings. The smallest absolute Gasteiger partial charge is 0.202 e. The molecule has 3 heterocycles. The Morgan fingerprint density at radius 2 is 2.00 bits per heavy atom. The van der Waals surface area contributed by atoms with Crippen LogP contribution in [-0.2, 0) is 6.54 Å². The number of anilines is 1. The van der Waals surface area contributed by atoms with Gasteiger partial charge in [-0.15, -0.1) is 0 Å². The number of pyridine rings is 2. The molecular weight excluding hydrogens is 238 g/mol. The third-order valence-electron chi connectivity index (χ3n) is 3.33. The van der Waals surface area contributed by atoms with Gasteiger partial charge < -0.3 is 5.73 Å². The van der Waals surface area contributed by atoms with Crippen molar-refractivity contribution >= 4 is 17.1 Å². The highest BCUT2D eigenvalue weighted by Crippen LogP contribution is 2.20. The molecule has 5 heteroatoms. The summed E-state index contributed by atoms with van der Waals surface area (Å²) in [5.74, 6) is 0.494. The van der Waals surface area contributed by atoms with Gasteiger partial charge in [0, 0.05) is 18.6 Å². The van der Waals surface area contributed by atoms with Crippen LogP contribution in [0.1, 0.15) is 16.7 Å². The number of hydrogen-bond donors (Lipinski definition) is 1. The van der Waals surface area contributed by atoms with Crippen molar-refractivity contribution in [2.45, 2.75) is 20.4 Å². The Kier molecular flexibility index (Phi) is 2.67.